The van der Waals surface area contributed by atoms with E-state index < -0.39 is 36.3 Å². The fourth-order valence-electron chi connectivity index (χ4n) is 4.30. The number of nitrogens with zero attached hydrogens (tertiary/aromatic N) is 1. The zero-order chi connectivity index (χ0) is 24.5. The summed E-state index contributed by atoms with van der Waals surface area (Å²) in [7, 11) is 1.48. The minimum absolute atomic E-state index is 0.188. The SMILES string of the molecule is CO/N=C(\C)COc1ccc(Cc2cc([C@]34OC[C@](CO)(O3)[C@@H](O)[C@H](O)[C@H]4O)ccc2Cl)cc1. The van der Waals surface area contributed by atoms with Crippen LogP contribution in [-0.2, 0) is 26.5 Å². The summed E-state index contributed by atoms with van der Waals surface area (Å²) in [5.74, 6) is -1.06. The minimum Gasteiger partial charge on any atom is -0.488 e. The second kappa shape index (κ2) is 9.79. The van der Waals surface area contributed by atoms with E-state index in [1.807, 2.05) is 24.3 Å². The molecule has 0 aromatic heterocycles. The first-order valence-corrected chi connectivity index (χ1v) is 11.2. The summed E-state index contributed by atoms with van der Waals surface area (Å²) in [6.07, 6.45) is -4.16. The van der Waals surface area contributed by atoms with Gasteiger partial charge in [0.25, 0.3) is 0 Å². The molecule has 5 atom stereocenters. The topological polar surface area (TPSA) is 130 Å². The third-order valence-electron chi connectivity index (χ3n) is 6.19. The van der Waals surface area contributed by atoms with E-state index in [4.69, 9.17) is 30.6 Å². The molecule has 2 aliphatic heterocycles. The first-order valence-electron chi connectivity index (χ1n) is 10.8. The zero-order valence-corrected chi connectivity index (χ0v) is 19.6. The monoisotopic (exact) mass is 493 g/mol. The van der Waals surface area contributed by atoms with E-state index in [1.54, 1.807) is 25.1 Å². The van der Waals surface area contributed by atoms with Gasteiger partial charge in [0.05, 0.1) is 18.9 Å². The predicted molar refractivity (Wildman–Crippen MR) is 123 cm³/mol. The lowest BCUT2D eigenvalue weighted by Crippen LogP contribution is -2.65. The number of hydrogen-bond acceptors (Lipinski definition) is 9. The Balaban J connectivity index is 1.55. The largest absolute Gasteiger partial charge is 0.488 e. The molecule has 0 unspecified atom stereocenters. The molecule has 2 aromatic rings. The Kier molecular flexibility index (Phi) is 7.16. The lowest BCUT2D eigenvalue weighted by atomic mass is 9.83. The van der Waals surface area contributed by atoms with Crippen LogP contribution < -0.4 is 4.74 Å². The number of benzene rings is 2. The van der Waals surface area contributed by atoms with Gasteiger partial charge in [-0.2, -0.15) is 0 Å². The first kappa shape index (κ1) is 24.9. The van der Waals surface area contributed by atoms with Crippen LogP contribution in [-0.4, -0.2) is 77.0 Å². The quantitative estimate of drug-likeness (QED) is 0.320. The van der Waals surface area contributed by atoms with Gasteiger partial charge in [0.2, 0.25) is 5.79 Å². The van der Waals surface area contributed by atoms with Gasteiger partial charge in [-0.15, -0.1) is 0 Å². The zero-order valence-electron chi connectivity index (χ0n) is 18.8. The number of aliphatic hydroxyl groups is 4. The van der Waals surface area contributed by atoms with Gasteiger partial charge in [0.1, 0.15) is 43.4 Å². The van der Waals surface area contributed by atoms with Gasteiger partial charge in [-0.1, -0.05) is 35.0 Å². The molecule has 0 spiro atoms. The molecule has 9 nitrogen and oxygen atoms in total. The first-order chi connectivity index (χ1) is 16.2. The van der Waals surface area contributed by atoms with Gasteiger partial charge in [-0.3, -0.25) is 0 Å². The van der Waals surface area contributed by atoms with Crippen LogP contribution in [0.25, 0.3) is 0 Å². The highest BCUT2D eigenvalue weighted by Gasteiger charge is 2.67. The number of oxime groups is 1. The molecule has 10 heteroatoms. The van der Waals surface area contributed by atoms with E-state index in [9.17, 15) is 20.4 Å². The molecule has 0 amide bonds. The Labute approximate surface area is 202 Å². The van der Waals surface area contributed by atoms with Crippen molar-refractivity contribution in [1.29, 1.82) is 0 Å². The number of aliphatic hydroxyl groups excluding tert-OH is 4. The van der Waals surface area contributed by atoms with Gasteiger partial charge in [-0.05, 0) is 48.7 Å². The van der Waals surface area contributed by atoms with E-state index in [2.05, 4.69) is 5.16 Å². The summed E-state index contributed by atoms with van der Waals surface area (Å²) in [4.78, 5) is 4.71. The van der Waals surface area contributed by atoms with Crippen molar-refractivity contribution < 1.29 is 39.5 Å². The van der Waals surface area contributed by atoms with E-state index in [0.717, 1.165) is 11.1 Å². The van der Waals surface area contributed by atoms with E-state index in [-0.39, 0.29) is 6.61 Å². The van der Waals surface area contributed by atoms with Crippen molar-refractivity contribution in [1.82, 2.24) is 0 Å². The average Bonchev–Trinajstić information content (AvgIpc) is 3.23. The molecule has 2 saturated heterocycles. The van der Waals surface area contributed by atoms with Crippen LogP contribution >= 0.6 is 11.6 Å². The number of halogens is 1. The van der Waals surface area contributed by atoms with Crippen molar-refractivity contribution in [3.8, 4) is 5.75 Å². The molecular weight excluding hydrogens is 466 g/mol. The maximum absolute atomic E-state index is 10.7. The Morgan fingerprint density at radius 2 is 1.88 bits per heavy atom. The highest BCUT2D eigenvalue weighted by atomic mass is 35.5. The van der Waals surface area contributed by atoms with Gasteiger partial charge in [0, 0.05) is 10.6 Å². The highest BCUT2D eigenvalue weighted by molar-refractivity contribution is 6.31. The Morgan fingerprint density at radius 1 is 1.15 bits per heavy atom. The van der Waals surface area contributed by atoms with Crippen molar-refractivity contribution in [3.63, 3.8) is 0 Å². The molecule has 2 aromatic carbocycles. The predicted octanol–water partition coefficient (Wildman–Crippen LogP) is 1.36. The van der Waals surface area contributed by atoms with Crippen LogP contribution in [0, 0.1) is 0 Å². The molecule has 0 aliphatic carbocycles. The van der Waals surface area contributed by atoms with Gasteiger partial charge in [-0.25, -0.2) is 0 Å². The maximum atomic E-state index is 10.7. The van der Waals surface area contributed by atoms with Crippen LogP contribution in [0.3, 0.4) is 0 Å². The summed E-state index contributed by atoms with van der Waals surface area (Å²) >= 11 is 6.45. The third-order valence-corrected chi connectivity index (χ3v) is 6.56. The molecule has 184 valence electrons. The van der Waals surface area contributed by atoms with E-state index in [0.29, 0.717) is 35.1 Å². The molecule has 0 radical (unpaired) electrons. The Morgan fingerprint density at radius 3 is 2.56 bits per heavy atom. The van der Waals surface area contributed by atoms with Gasteiger partial charge in [0.15, 0.2) is 0 Å². The normalized spacial score (nSPS) is 30.9. The summed E-state index contributed by atoms with van der Waals surface area (Å²) < 4.78 is 17.4. The van der Waals surface area contributed by atoms with Crippen molar-refractivity contribution in [3.05, 3.63) is 64.2 Å². The Hall–Kier alpha value is -2.24. The molecule has 34 heavy (non-hydrogen) atoms. The molecule has 2 heterocycles. The molecule has 4 rings (SSSR count). The van der Waals surface area contributed by atoms with Crippen molar-refractivity contribution >= 4 is 17.3 Å². The summed E-state index contributed by atoms with van der Waals surface area (Å²) in [5.41, 5.74) is 1.31. The maximum Gasteiger partial charge on any atom is 0.225 e. The molecule has 2 bridgehead atoms. The fraction of sp³-hybridized carbons (Fsp3) is 0.458. The minimum atomic E-state index is -1.74. The van der Waals surface area contributed by atoms with E-state index >= 15 is 0 Å². The number of hydrogen-bond donors (Lipinski definition) is 4. The second-order valence-electron chi connectivity index (χ2n) is 8.59. The number of ether oxygens (including phenoxy) is 3. The number of fused-ring (bicyclic) bond motifs is 2. The van der Waals surface area contributed by atoms with Gasteiger partial charge >= 0.3 is 0 Å². The van der Waals surface area contributed by atoms with Crippen molar-refractivity contribution in [2.45, 2.75) is 43.0 Å². The van der Waals surface area contributed by atoms with Crippen LogP contribution in [0.2, 0.25) is 5.02 Å². The van der Waals surface area contributed by atoms with Crippen molar-refractivity contribution in [2.24, 2.45) is 5.16 Å². The lowest BCUT2D eigenvalue weighted by Gasteiger charge is -2.46. The smallest absolute Gasteiger partial charge is 0.225 e. The highest BCUT2D eigenvalue weighted by Crippen LogP contribution is 2.49. The Bertz CT molecular complexity index is 1050. The number of rotatable bonds is 8. The average molecular weight is 494 g/mol. The molecule has 4 N–H and O–H groups in total. The van der Waals surface area contributed by atoms with Crippen LogP contribution in [0.15, 0.2) is 47.6 Å². The van der Waals surface area contributed by atoms with Crippen LogP contribution in [0.5, 0.6) is 5.75 Å². The lowest BCUT2D eigenvalue weighted by molar-refractivity contribution is -0.329. The van der Waals surface area contributed by atoms with Crippen LogP contribution in [0.1, 0.15) is 23.6 Å². The molecule has 2 aliphatic rings. The molecule has 0 saturated carbocycles. The summed E-state index contributed by atoms with van der Waals surface area (Å²) in [6, 6.07) is 12.5. The summed E-state index contributed by atoms with van der Waals surface area (Å²) in [5, 5.41) is 45.6. The third kappa shape index (κ3) is 4.40. The fourth-order valence-corrected chi connectivity index (χ4v) is 4.48. The summed E-state index contributed by atoms with van der Waals surface area (Å²) in [6.45, 7) is 1.34. The van der Waals surface area contributed by atoms with E-state index in [1.165, 1.54) is 7.11 Å². The molecule has 2 fully saturated rings. The van der Waals surface area contributed by atoms with Crippen molar-refractivity contribution in [2.75, 3.05) is 26.9 Å². The standard InChI is InChI=1S/C24H28ClNO8/c1-14(26-31-2)11-32-18-6-3-15(4-7-18)9-16-10-17(5-8-19(16)25)24-22(30)20(28)21(29)23(12-27,34-24)13-33-24/h3-8,10,20-22,27-30H,9,11-13H2,1-2H3/b26-14+/t20-,21-,22+,23-,24-/m0/s1. The van der Waals surface area contributed by atoms with Gasteiger partial charge < -0.3 is 39.5 Å². The van der Waals surface area contributed by atoms with Crippen LogP contribution in [0.4, 0.5) is 0 Å². The molecular formula is C24H28ClNO8. The second-order valence-corrected chi connectivity index (χ2v) is 8.99.